The maximum atomic E-state index is 11.4. The average Bonchev–Trinajstić information content (AvgIpc) is 3.20. The van der Waals surface area contributed by atoms with Crippen molar-refractivity contribution < 1.29 is 9.59 Å². The molecule has 0 atom stereocenters. The van der Waals surface area contributed by atoms with Crippen molar-refractivity contribution in [2.45, 2.75) is 0 Å². The van der Waals surface area contributed by atoms with Crippen LogP contribution < -0.4 is 21.7 Å². The van der Waals surface area contributed by atoms with Gasteiger partial charge in [-0.05, 0) is 36.4 Å². The number of para-hydroxylation sites is 3. The molecule has 3 aromatic carbocycles. The molecule has 8 nitrogen and oxygen atoms in total. The van der Waals surface area contributed by atoms with Crippen LogP contribution in [0.15, 0.2) is 85.2 Å². The molecule has 8 heteroatoms. The van der Waals surface area contributed by atoms with Crippen molar-refractivity contribution in [3.05, 3.63) is 85.2 Å². The number of H-pyrrole nitrogens is 1. The van der Waals surface area contributed by atoms with E-state index in [2.05, 4.69) is 15.3 Å². The Morgan fingerprint density at radius 3 is 1.93 bits per heavy atom. The van der Waals surface area contributed by atoms with E-state index < -0.39 is 12.1 Å². The van der Waals surface area contributed by atoms with E-state index in [1.165, 1.54) is 4.90 Å². The fourth-order valence-corrected chi connectivity index (χ4v) is 2.76. The molecule has 0 aliphatic heterocycles. The number of anilines is 3. The first-order valence-electron chi connectivity index (χ1n) is 8.74. The minimum Gasteiger partial charge on any atom is -0.351 e. The summed E-state index contributed by atoms with van der Waals surface area (Å²) in [5, 5.41) is 2.49. The van der Waals surface area contributed by atoms with E-state index in [4.69, 9.17) is 11.5 Å². The Hall–Kier alpha value is -4.33. The maximum absolute atomic E-state index is 11.4. The van der Waals surface area contributed by atoms with Gasteiger partial charge in [-0.15, -0.1) is 0 Å². The number of nitrogens with two attached hydrogens (primary N) is 2. The number of imidazole rings is 1. The highest BCUT2D eigenvalue weighted by atomic mass is 16.2. The highest BCUT2D eigenvalue weighted by Crippen LogP contribution is 2.24. The van der Waals surface area contributed by atoms with Crippen molar-refractivity contribution in [1.82, 2.24) is 9.97 Å². The number of fused-ring (bicyclic) bond motifs is 1. The van der Waals surface area contributed by atoms with Gasteiger partial charge in [-0.25, -0.2) is 14.6 Å². The zero-order valence-electron chi connectivity index (χ0n) is 15.4. The minimum absolute atomic E-state index is 0.489. The van der Waals surface area contributed by atoms with Crippen LogP contribution in [0.3, 0.4) is 0 Å². The summed E-state index contributed by atoms with van der Waals surface area (Å²) >= 11 is 0. The van der Waals surface area contributed by atoms with Crippen molar-refractivity contribution in [1.29, 1.82) is 0 Å². The van der Waals surface area contributed by atoms with Gasteiger partial charge in [0.1, 0.15) is 5.52 Å². The summed E-state index contributed by atoms with van der Waals surface area (Å²) in [6.45, 7) is 0. The molecule has 0 saturated carbocycles. The first kappa shape index (κ1) is 19.4. The number of nitrogens with one attached hydrogen (secondary N) is 2. The van der Waals surface area contributed by atoms with Crippen LogP contribution >= 0.6 is 0 Å². The number of carbonyl (C=O) groups is 2. The molecular formula is C21H20N6O2. The third-order valence-electron chi connectivity index (χ3n) is 3.96. The first-order valence-corrected chi connectivity index (χ1v) is 8.74. The van der Waals surface area contributed by atoms with Gasteiger partial charge in [0.15, 0.2) is 0 Å². The number of nitrogens with zero attached hydrogens (tertiary/aromatic N) is 2. The van der Waals surface area contributed by atoms with Crippen LogP contribution in [-0.4, -0.2) is 22.0 Å². The lowest BCUT2D eigenvalue weighted by Crippen LogP contribution is -2.31. The Morgan fingerprint density at radius 2 is 1.41 bits per heavy atom. The lowest BCUT2D eigenvalue weighted by atomic mass is 10.2. The number of carbonyl (C=O) groups excluding carboxylic acids is 2. The smallest absolute Gasteiger partial charge is 0.323 e. The molecule has 0 bridgehead atoms. The molecule has 146 valence electrons. The van der Waals surface area contributed by atoms with E-state index in [0.29, 0.717) is 11.2 Å². The SMILES string of the molecule is NC(=O)N(c1ccccc1)c1ccccc1.NC(=O)Nc1cccc2[nH]cnc12. The van der Waals surface area contributed by atoms with Gasteiger partial charge >= 0.3 is 12.1 Å². The number of benzene rings is 3. The molecule has 29 heavy (non-hydrogen) atoms. The van der Waals surface area contributed by atoms with Crippen LogP contribution in [-0.2, 0) is 0 Å². The summed E-state index contributed by atoms with van der Waals surface area (Å²) in [7, 11) is 0. The topological polar surface area (TPSA) is 130 Å². The summed E-state index contributed by atoms with van der Waals surface area (Å²) in [6.07, 6.45) is 1.57. The molecular weight excluding hydrogens is 368 g/mol. The number of aromatic amines is 1. The number of amides is 4. The molecule has 0 radical (unpaired) electrons. The highest BCUT2D eigenvalue weighted by Gasteiger charge is 2.13. The zero-order chi connectivity index (χ0) is 20.6. The van der Waals surface area contributed by atoms with Crippen molar-refractivity contribution in [2.75, 3.05) is 10.2 Å². The number of hydrogen-bond acceptors (Lipinski definition) is 3. The van der Waals surface area contributed by atoms with E-state index in [-0.39, 0.29) is 0 Å². The van der Waals surface area contributed by atoms with E-state index >= 15 is 0 Å². The molecule has 0 fully saturated rings. The van der Waals surface area contributed by atoms with Gasteiger partial charge in [-0.1, -0.05) is 42.5 Å². The Morgan fingerprint density at radius 1 is 0.828 bits per heavy atom. The van der Waals surface area contributed by atoms with E-state index in [0.717, 1.165) is 16.9 Å². The van der Waals surface area contributed by atoms with Gasteiger partial charge in [-0.2, -0.15) is 0 Å². The first-order chi connectivity index (χ1) is 14.1. The van der Waals surface area contributed by atoms with Crippen LogP contribution in [0, 0.1) is 0 Å². The summed E-state index contributed by atoms with van der Waals surface area (Å²) in [5.41, 5.74) is 14.1. The van der Waals surface area contributed by atoms with Gasteiger partial charge in [0, 0.05) is 0 Å². The molecule has 6 N–H and O–H groups in total. The summed E-state index contributed by atoms with van der Waals surface area (Å²) < 4.78 is 0. The quantitative estimate of drug-likeness (QED) is 0.424. The Balaban J connectivity index is 0.000000169. The lowest BCUT2D eigenvalue weighted by molar-refractivity contribution is 0.256. The fraction of sp³-hybridized carbons (Fsp3) is 0. The third kappa shape index (κ3) is 4.89. The minimum atomic E-state index is -0.587. The van der Waals surface area contributed by atoms with Crippen molar-refractivity contribution in [2.24, 2.45) is 11.5 Å². The second kappa shape index (κ2) is 9.05. The molecule has 0 unspecified atom stereocenters. The normalized spacial score (nSPS) is 9.93. The summed E-state index contributed by atoms with van der Waals surface area (Å²) in [4.78, 5) is 30.5. The molecule has 0 aliphatic rings. The van der Waals surface area contributed by atoms with Gasteiger partial charge in [0.05, 0.1) is 28.9 Å². The van der Waals surface area contributed by atoms with Crippen molar-refractivity contribution in [3.63, 3.8) is 0 Å². The molecule has 1 heterocycles. The van der Waals surface area contributed by atoms with Gasteiger partial charge < -0.3 is 21.8 Å². The molecule has 4 rings (SSSR count). The molecule has 4 amide bonds. The van der Waals surface area contributed by atoms with Gasteiger partial charge in [0.25, 0.3) is 0 Å². The number of primary amides is 2. The van der Waals surface area contributed by atoms with Crippen LogP contribution in [0.5, 0.6) is 0 Å². The van der Waals surface area contributed by atoms with Crippen LogP contribution in [0.4, 0.5) is 26.7 Å². The average molecular weight is 388 g/mol. The summed E-state index contributed by atoms with van der Waals surface area (Å²) in [6, 6.07) is 23.0. The Labute approximate surface area is 167 Å². The largest absolute Gasteiger partial charge is 0.351 e. The Kier molecular flexibility index (Phi) is 6.06. The second-order valence-electron chi connectivity index (χ2n) is 5.94. The van der Waals surface area contributed by atoms with Gasteiger partial charge in [0.2, 0.25) is 0 Å². The monoisotopic (exact) mass is 388 g/mol. The predicted octanol–water partition coefficient (Wildman–Crippen LogP) is 3.96. The number of rotatable bonds is 3. The van der Waals surface area contributed by atoms with Crippen molar-refractivity contribution in [3.8, 4) is 0 Å². The van der Waals surface area contributed by atoms with E-state index in [1.807, 2.05) is 72.8 Å². The third-order valence-corrected chi connectivity index (χ3v) is 3.96. The van der Waals surface area contributed by atoms with Gasteiger partial charge in [-0.3, -0.25) is 4.90 Å². The molecule has 0 aliphatic carbocycles. The van der Waals surface area contributed by atoms with Crippen LogP contribution in [0.1, 0.15) is 0 Å². The Bertz CT molecular complexity index is 1060. The van der Waals surface area contributed by atoms with E-state index in [9.17, 15) is 9.59 Å². The number of aromatic nitrogens is 2. The number of hydrogen-bond donors (Lipinski definition) is 4. The molecule has 0 spiro atoms. The number of urea groups is 2. The van der Waals surface area contributed by atoms with E-state index in [1.54, 1.807) is 12.4 Å². The standard InChI is InChI=1S/C13H12N2O.C8H8N4O/c14-13(16)15(11-7-3-1-4-8-11)12-9-5-2-6-10-12;9-8(13)12-6-3-1-2-5-7(6)11-4-10-5/h1-10H,(H2,14,16);1-4H,(H,10,11)(H3,9,12,13). The predicted molar refractivity (Wildman–Crippen MR) is 114 cm³/mol. The molecule has 0 saturated heterocycles. The zero-order valence-corrected chi connectivity index (χ0v) is 15.4. The second-order valence-corrected chi connectivity index (χ2v) is 5.94. The molecule has 4 aromatic rings. The van der Waals surface area contributed by atoms with Crippen LogP contribution in [0.2, 0.25) is 0 Å². The van der Waals surface area contributed by atoms with Crippen LogP contribution in [0.25, 0.3) is 11.0 Å². The summed E-state index contributed by atoms with van der Waals surface area (Å²) in [5.74, 6) is 0. The fourth-order valence-electron chi connectivity index (χ4n) is 2.76. The maximum Gasteiger partial charge on any atom is 0.323 e. The highest BCUT2D eigenvalue weighted by molar-refractivity contribution is 5.98. The van der Waals surface area contributed by atoms with Crippen molar-refractivity contribution >= 4 is 40.2 Å². The molecule has 1 aromatic heterocycles. The lowest BCUT2D eigenvalue weighted by Gasteiger charge is -2.20.